The molecule has 5 heteroatoms. The highest BCUT2D eigenvalue weighted by Crippen LogP contribution is 2.34. The number of aryl methyl sites for hydroxylation is 2. The average molecular weight is 323 g/mol. The number of hydrogen-bond donors (Lipinski definition) is 1. The number of rotatable bonds is 1. The van der Waals surface area contributed by atoms with Gasteiger partial charge in [-0.2, -0.15) is 0 Å². The third-order valence-electron chi connectivity index (χ3n) is 4.22. The van der Waals surface area contributed by atoms with E-state index in [9.17, 15) is 4.79 Å². The van der Waals surface area contributed by atoms with Crippen molar-refractivity contribution in [3.8, 4) is 0 Å². The summed E-state index contributed by atoms with van der Waals surface area (Å²) in [4.78, 5) is 21.9. The second kappa shape index (κ2) is 7.37. The number of aromatic amines is 1. The molecule has 0 bridgehead atoms. The largest absolute Gasteiger partial charge is 0.444 e. The number of nitrogens with one attached hydrogen (secondary N) is 1. The molecular formula is C18H33N3O2. The molecule has 132 valence electrons. The molecule has 0 atom stereocenters. The molecule has 1 aliphatic rings. The van der Waals surface area contributed by atoms with Gasteiger partial charge in [0.25, 0.3) is 0 Å². The third kappa shape index (κ3) is 4.98. The molecule has 0 radical (unpaired) electrons. The number of ether oxygens (including phenoxy) is 1. The number of aromatic nitrogens is 2. The van der Waals surface area contributed by atoms with Gasteiger partial charge in [-0.25, -0.2) is 9.78 Å². The fourth-order valence-corrected chi connectivity index (χ4v) is 2.58. The Morgan fingerprint density at radius 2 is 1.74 bits per heavy atom. The monoisotopic (exact) mass is 323 g/mol. The van der Waals surface area contributed by atoms with Gasteiger partial charge >= 0.3 is 6.09 Å². The molecule has 23 heavy (non-hydrogen) atoms. The standard InChI is InChI=1S/C16H27N3O2.C2H6/c1-11-12(2)18-13(17-11)16(6)7-9-19(10-8-16)14(20)21-15(3,4)5;1-2/h7-10H2,1-6H3,(H,17,18);1-2H3. The zero-order chi connectivity index (χ0) is 17.8. The molecule has 1 saturated heterocycles. The average Bonchev–Trinajstić information content (AvgIpc) is 2.80. The van der Waals surface area contributed by atoms with Gasteiger partial charge < -0.3 is 14.6 Å². The van der Waals surface area contributed by atoms with E-state index in [4.69, 9.17) is 4.74 Å². The van der Waals surface area contributed by atoms with Gasteiger partial charge in [0.1, 0.15) is 11.4 Å². The molecule has 0 unspecified atom stereocenters. The van der Waals surface area contributed by atoms with E-state index in [1.807, 2.05) is 48.5 Å². The molecule has 1 N–H and O–H groups in total. The molecular weight excluding hydrogens is 290 g/mol. The van der Waals surface area contributed by atoms with Gasteiger partial charge in [-0.05, 0) is 47.5 Å². The van der Waals surface area contributed by atoms with Crippen LogP contribution in [0.3, 0.4) is 0 Å². The van der Waals surface area contributed by atoms with Gasteiger partial charge in [0.15, 0.2) is 0 Å². The van der Waals surface area contributed by atoms with Crippen LogP contribution in [0.25, 0.3) is 0 Å². The summed E-state index contributed by atoms with van der Waals surface area (Å²) in [5, 5.41) is 0. The molecule has 0 spiro atoms. The Balaban J connectivity index is 0.00000127. The Morgan fingerprint density at radius 1 is 1.22 bits per heavy atom. The highest BCUT2D eigenvalue weighted by atomic mass is 16.6. The maximum absolute atomic E-state index is 12.1. The van der Waals surface area contributed by atoms with Gasteiger partial charge in [-0.3, -0.25) is 0 Å². The van der Waals surface area contributed by atoms with Gasteiger partial charge in [-0.15, -0.1) is 0 Å². The molecule has 1 aromatic rings. The number of carbonyl (C=O) groups excluding carboxylic acids is 1. The van der Waals surface area contributed by atoms with Crippen LogP contribution < -0.4 is 0 Å². The summed E-state index contributed by atoms with van der Waals surface area (Å²) in [6.07, 6.45) is 1.59. The van der Waals surface area contributed by atoms with Crippen molar-refractivity contribution in [2.24, 2.45) is 0 Å². The molecule has 1 aliphatic heterocycles. The van der Waals surface area contributed by atoms with Crippen molar-refractivity contribution in [1.29, 1.82) is 0 Å². The van der Waals surface area contributed by atoms with E-state index in [-0.39, 0.29) is 11.5 Å². The molecule has 1 aromatic heterocycles. The van der Waals surface area contributed by atoms with Crippen molar-refractivity contribution < 1.29 is 9.53 Å². The predicted octanol–water partition coefficient (Wildman–Crippen LogP) is 4.34. The maximum Gasteiger partial charge on any atom is 0.410 e. The van der Waals surface area contributed by atoms with Crippen LogP contribution in [0.15, 0.2) is 0 Å². The second-order valence-corrected chi connectivity index (χ2v) is 7.32. The number of imidazole rings is 1. The number of amides is 1. The van der Waals surface area contributed by atoms with Crippen LogP contribution in [0.1, 0.15) is 71.6 Å². The van der Waals surface area contributed by atoms with Crippen molar-refractivity contribution in [3.63, 3.8) is 0 Å². The molecule has 5 nitrogen and oxygen atoms in total. The highest BCUT2D eigenvalue weighted by Gasteiger charge is 2.37. The predicted molar refractivity (Wildman–Crippen MR) is 93.8 cm³/mol. The van der Waals surface area contributed by atoms with E-state index < -0.39 is 5.60 Å². The van der Waals surface area contributed by atoms with Gasteiger partial charge in [0.05, 0.1) is 5.69 Å². The van der Waals surface area contributed by atoms with E-state index in [1.165, 1.54) is 0 Å². The number of piperidine rings is 1. The first kappa shape index (κ1) is 19.5. The van der Waals surface area contributed by atoms with Crippen molar-refractivity contribution in [2.75, 3.05) is 13.1 Å². The lowest BCUT2D eigenvalue weighted by Crippen LogP contribution is -2.46. The zero-order valence-electron chi connectivity index (χ0n) is 16.0. The lowest BCUT2D eigenvalue weighted by molar-refractivity contribution is 0.0168. The summed E-state index contributed by atoms with van der Waals surface area (Å²) in [5.74, 6) is 1.04. The van der Waals surface area contributed by atoms with E-state index in [1.54, 1.807) is 4.90 Å². The maximum atomic E-state index is 12.1. The zero-order valence-corrected chi connectivity index (χ0v) is 16.0. The number of H-pyrrole nitrogens is 1. The van der Waals surface area contributed by atoms with Crippen LogP contribution >= 0.6 is 0 Å². The lowest BCUT2D eigenvalue weighted by atomic mass is 9.80. The quantitative estimate of drug-likeness (QED) is 0.836. The lowest BCUT2D eigenvalue weighted by Gasteiger charge is -2.38. The number of likely N-dealkylation sites (tertiary alicyclic amines) is 1. The molecule has 2 heterocycles. The summed E-state index contributed by atoms with van der Waals surface area (Å²) in [6, 6.07) is 0. The topological polar surface area (TPSA) is 58.2 Å². The minimum atomic E-state index is -0.437. The Morgan fingerprint density at radius 3 is 2.13 bits per heavy atom. The van der Waals surface area contributed by atoms with E-state index in [0.29, 0.717) is 13.1 Å². The Kier molecular flexibility index (Phi) is 6.25. The SMILES string of the molecule is CC.Cc1nc(C2(C)CCN(C(=O)OC(C)(C)C)CC2)[nH]c1C. The van der Waals surface area contributed by atoms with Crippen molar-refractivity contribution >= 4 is 6.09 Å². The van der Waals surface area contributed by atoms with E-state index in [2.05, 4.69) is 16.9 Å². The summed E-state index contributed by atoms with van der Waals surface area (Å²) in [6.45, 7) is 17.4. The first-order valence-corrected chi connectivity index (χ1v) is 8.62. The van der Waals surface area contributed by atoms with Gasteiger partial charge in [0, 0.05) is 24.2 Å². The number of carbonyl (C=O) groups is 1. The molecule has 2 rings (SSSR count). The molecule has 1 amide bonds. The van der Waals surface area contributed by atoms with E-state index >= 15 is 0 Å². The Hall–Kier alpha value is -1.52. The van der Waals surface area contributed by atoms with Crippen LogP contribution in [0, 0.1) is 13.8 Å². The minimum Gasteiger partial charge on any atom is -0.444 e. The Labute approximate surface area is 140 Å². The van der Waals surface area contributed by atoms with E-state index in [0.717, 1.165) is 30.1 Å². The highest BCUT2D eigenvalue weighted by molar-refractivity contribution is 5.68. The third-order valence-corrected chi connectivity index (χ3v) is 4.22. The van der Waals surface area contributed by atoms with Gasteiger partial charge in [-0.1, -0.05) is 20.8 Å². The number of nitrogens with zero attached hydrogens (tertiary/aromatic N) is 2. The van der Waals surface area contributed by atoms with Crippen LogP contribution in [0.2, 0.25) is 0 Å². The van der Waals surface area contributed by atoms with Crippen molar-refractivity contribution in [1.82, 2.24) is 14.9 Å². The summed E-state index contributed by atoms with van der Waals surface area (Å²) in [7, 11) is 0. The smallest absolute Gasteiger partial charge is 0.410 e. The fraction of sp³-hybridized carbons (Fsp3) is 0.778. The van der Waals surface area contributed by atoms with Crippen molar-refractivity contribution in [2.45, 2.75) is 79.2 Å². The summed E-state index contributed by atoms with van der Waals surface area (Å²) < 4.78 is 5.44. The molecule has 0 aliphatic carbocycles. The fourth-order valence-electron chi connectivity index (χ4n) is 2.58. The molecule has 0 saturated carbocycles. The van der Waals surface area contributed by atoms with Crippen LogP contribution in [0.4, 0.5) is 4.79 Å². The first-order valence-electron chi connectivity index (χ1n) is 8.62. The van der Waals surface area contributed by atoms with Crippen molar-refractivity contribution in [3.05, 3.63) is 17.2 Å². The van der Waals surface area contributed by atoms with Gasteiger partial charge in [0.2, 0.25) is 0 Å². The Bertz CT molecular complexity index is 501. The van der Waals surface area contributed by atoms with Crippen LogP contribution in [0.5, 0.6) is 0 Å². The summed E-state index contributed by atoms with van der Waals surface area (Å²) >= 11 is 0. The minimum absolute atomic E-state index is 0.0114. The number of hydrogen-bond acceptors (Lipinski definition) is 3. The second-order valence-electron chi connectivity index (χ2n) is 7.32. The molecule has 0 aromatic carbocycles. The normalized spacial score (nSPS) is 17.3. The molecule has 1 fully saturated rings. The summed E-state index contributed by atoms with van der Waals surface area (Å²) in [5.41, 5.74) is 1.76. The van der Waals surface area contributed by atoms with Crippen LogP contribution in [-0.4, -0.2) is 39.7 Å². The van der Waals surface area contributed by atoms with Crippen LogP contribution in [-0.2, 0) is 10.2 Å². The first-order chi connectivity index (χ1) is 10.6.